The van der Waals surface area contributed by atoms with Gasteiger partial charge in [0.2, 0.25) is 0 Å². The number of rotatable bonds is 2. The first-order valence-corrected chi connectivity index (χ1v) is 5.86. The molecule has 0 spiro atoms. The van der Waals surface area contributed by atoms with E-state index in [2.05, 4.69) is 14.8 Å². The van der Waals surface area contributed by atoms with Crippen LogP contribution in [0.2, 0.25) is 0 Å². The van der Waals surface area contributed by atoms with Crippen molar-refractivity contribution in [2.24, 2.45) is 10.7 Å². The van der Waals surface area contributed by atoms with Gasteiger partial charge >= 0.3 is 0 Å². The first kappa shape index (κ1) is 13.3. The van der Waals surface area contributed by atoms with Gasteiger partial charge in [-0.05, 0) is 20.8 Å². The molecule has 1 fully saturated rings. The first-order valence-electron chi connectivity index (χ1n) is 5.86. The molecule has 0 saturated carbocycles. The Balaban J connectivity index is 2.44. The molecule has 3 N–H and O–H groups in total. The molecule has 0 aromatic carbocycles. The van der Waals surface area contributed by atoms with Crippen LogP contribution in [0.25, 0.3) is 0 Å². The molecule has 5 heteroatoms. The Morgan fingerprint density at radius 3 is 2.25 bits per heavy atom. The van der Waals surface area contributed by atoms with Crippen LogP contribution in [0.1, 0.15) is 20.8 Å². The average molecular weight is 228 g/mol. The second kappa shape index (κ2) is 5.50. The van der Waals surface area contributed by atoms with Gasteiger partial charge in [-0.2, -0.15) is 0 Å². The Labute approximate surface area is 97.9 Å². The molecule has 0 unspecified atom stereocenters. The molecule has 94 valence electrons. The number of nitrogens with two attached hydrogens (primary N) is 1. The van der Waals surface area contributed by atoms with Crippen LogP contribution in [0.5, 0.6) is 0 Å². The molecule has 0 aromatic rings. The minimum absolute atomic E-state index is 0.119. The largest absolute Gasteiger partial charge is 0.395 e. The van der Waals surface area contributed by atoms with E-state index in [4.69, 9.17) is 10.8 Å². The molecule has 0 atom stereocenters. The summed E-state index contributed by atoms with van der Waals surface area (Å²) in [5.74, 6) is 0.635. The standard InChI is InChI=1S/C11H24N4O/c1-11(2,3)13-10(12)15-6-4-14(5-7-15)8-9-16/h16H,4-9H2,1-3H3,(H2,12,13). The minimum Gasteiger partial charge on any atom is -0.395 e. The molecule has 1 aliphatic rings. The third-order valence-electron chi connectivity index (χ3n) is 2.56. The predicted octanol–water partition coefficient (Wildman–Crippen LogP) is -0.290. The summed E-state index contributed by atoms with van der Waals surface area (Å²) in [4.78, 5) is 8.80. The maximum absolute atomic E-state index is 8.84. The van der Waals surface area contributed by atoms with Crippen LogP contribution in [0.3, 0.4) is 0 Å². The molecule has 0 radical (unpaired) electrons. The maximum Gasteiger partial charge on any atom is 0.191 e. The Kier molecular flexibility index (Phi) is 4.56. The second-order valence-corrected chi connectivity index (χ2v) is 5.19. The van der Waals surface area contributed by atoms with Crippen molar-refractivity contribution in [2.75, 3.05) is 39.3 Å². The Morgan fingerprint density at radius 1 is 1.25 bits per heavy atom. The fourth-order valence-corrected chi connectivity index (χ4v) is 1.76. The predicted molar refractivity (Wildman–Crippen MR) is 66.5 cm³/mol. The summed E-state index contributed by atoms with van der Waals surface area (Å²) in [6.45, 7) is 10.8. The highest BCUT2D eigenvalue weighted by Crippen LogP contribution is 2.08. The van der Waals surface area contributed by atoms with Gasteiger partial charge in [0.05, 0.1) is 12.1 Å². The number of aliphatic hydroxyl groups excluding tert-OH is 1. The summed E-state index contributed by atoms with van der Waals surface area (Å²) < 4.78 is 0. The second-order valence-electron chi connectivity index (χ2n) is 5.19. The molecular weight excluding hydrogens is 204 g/mol. The topological polar surface area (TPSA) is 65.1 Å². The summed E-state index contributed by atoms with van der Waals surface area (Å²) in [5, 5.41) is 8.84. The number of piperazine rings is 1. The van der Waals surface area contributed by atoms with Gasteiger partial charge in [0.25, 0.3) is 0 Å². The van der Waals surface area contributed by atoms with Crippen LogP contribution < -0.4 is 5.73 Å². The van der Waals surface area contributed by atoms with E-state index in [0.29, 0.717) is 5.96 Å². The van der Waals surface area contributed by atoms with E-state index >= 15 is 0 Å². The van der Waals surface area contributed by atoms with E-state index in [9.17, 15) is 0 Å². The fourth-order valence-electron chi connectivity index (χ4n) is 1.76. The van der Waals surface area contributed by atoms with Crippen LogP contribution in [0, 0.1) is 0 Å². The minimum atomic E-state index is -0.119. The Bertz CT molecular complexity index is 239. The molecule has 1 aliphatic heterocycles. The monoisotopic (exact) mass is 228 g/mol. The molecule has 16 heavy (non-hydrogen) atoms. The van der Waals surface area contributed by atoms with Crippen molar-refractivity contribution in [1.82, 2.24) is 9.80 Å². The van der Waals surface area contributed by atoms with Crippen molar-refractivity contribution >= 4 is 5.96 Å². The number of hydrogen-bond acceptors (Lipinski definition) is 3. The van der Waals surface area contributed by atoms with Crippen LogP contribution in [0.4, 0.5) is 0 Å². The molecule has 5 nitrogen and oxygen atoms in total. The van der Waals surface area contributed by atoms with Crippen molar-refractivity contribution in [2.45, 2.75) is 26.3 Å². The summed E-state index contributed by atoms with van der Waals surface area (Å²) in [7, 11) is 0. The SMILES string of the molecule is CC(C)(C)N=C(N)N1CCN(CCO)CC1. The number of nitrogens with zero attached hydrogens (tertiary/aromatic N) is 3. The molecule has 0 aromatic heterocycles. The van der Waals surface area contributed by atoms with Crippen molar-refractivity contribution in [1.29, 1.82) is 0 Å². The van der Waals surface area contributed by atoms with Gasteiger partial charge < -0.3 is 15.7 Å². The lowest BCUT2D eigenvalue weighted by molar-refractivity contribution is 0.146. The lowest BCUT2D eigenvalue weighted by Crippen LogP contribution is -2.52. The molecule has 0 aliphatic carbocycles. The van der Waals surface area contributed by atoms with E-state index in [1.807, 2.05) is 20.8 Å². The van der Waals surface area contributed by atoms with Gasteiger partial charge in [-0.15, -0.1) is 0 Å². The lowest BCUT2D eigenvalue weighted by atomic mass is 10.1. The van der Waals surface area contributed by atoms with Crippen LogP contribution in [-0.4, -0.2) is 65.7 Å². The quantitative estimate of drug-likeness (QED) is 0.503. The third kappa shape index (κ3) is 4.37. The van der Waals surface area contributed by atoms with E-state index in [0.717, 1.165) is 32.7 Å². The normalized spacial score (nSPS) is 20.2. The molecular formula is C11H24N4O. The molecule has 1 heterocycles. The summed E-state index contributed by atoms with van der Waals surface area (Å²) in [6, 6.07) is 0. The number of guanidine groups is 1. The molecule has 0 bridgehead atoms. The van der Waals surface area contributed by atoms with E-state index in [-0.39, 0.29) is 12.1 Å². The number of aliphatic hydroxyl groups is 1. The Morgan fingerprint density at radius 2 is 1.81 bits per heavy atom. The van der Waals surface area contributed by atoms with Gasteiger partial charge in [-0.3, -0.25) is 4.90 Å². The molecule has 0 amide bonds. The fraction of sp³-hybridized carbons (Fsp3) is 0.909. The van der Waals surface area contributed by atoms with Gasteiger partial charge in [0, 0.05) is 32.7 Å². The summed E-state index contributed by atoms with van der Waals surface area (Å²) in [5.41, 5.74) is 5.84. The molecule has 1 rings (SSSR count). The highest BCUT2D eigenvalue weighted by molar-refractivity contribution is 5.78. The zero-order chi connectivity index (χ0) is 12.2. The maximum atomic E-state index is 8.84. The van der Waals surface area contributed by atoms with Crippen molar-refractivity contribution in [3.63, 3.8) is 0 Å². The summed E-state index contributed by atoms with van der Waals surface area (Å²) >= 11 is 0. The average Bonchev–Trinajstić information content (AvgIpc) is 2.16. The lowest BCUT2D eigenvalue weighted by Gasteiger charge is -2.35. The number of β-amino-alcohol motifs (C(OH)–C–C–N with tert-alkyl or cyclic N) is 1. The van der Waals surface area contributed by atoms with E-state index in [1.54, 1.807) is 0 Å². The zero-order valence-corrected chi connectivity index (χ0v) is 10.6. The van der Waals surface area contributed by atoms with Crippen molar-refractivity contribution in [3.8, 4) is 0 Å². The van der Waals surface area contributed by atoms with Gasteiger partial charge in [-0.25, -0.2) is 4.99 Å². The van der Waals surface area contributed by atoms with E-state index < -0.39 is 0 Å². The summed E-state index contributed by atoms with van der Waals surface area (Å²) in [6.07, 6.45) is 0. The highest BCUT2D eigenvalue weighted by Gasteiger charge is 2.19. The number of hydrogen-bond donors (Lipinski definition) is 2. The van der Waals surface area contributed by atoms with Gasteiger partial charge in [0.1, 0.15) is 0 Å². The van der Waals surface area contributed by atoms with Crippen LogP contribution >= 0.6 is 0 Å². The van der Waals surface area contributed by atoms with Gasteiger partial charge in [0.15, 0.2) is 5.96 Å². The number of aliphatic imine (C=N–C) groups is 1. The van der Waals surface area contributed by atoms with E-state index in [1.165, 1.54) is 0 Å². The van der Waals surface area contributed by atoms with Crippen molar-refractivity contribution < 1.29 is 5.11 Å². The van der Waals surface area contributed by atoms with Gasteiger partial charge in [-0.1, -0.05) is 0 Å². The Hall–Kier alpha value is -0.810. The van der Waals surface area contributed by atoms with Crippen LogP contribution in [-0.2, 0) is 0 Å². The van der Waals surface area contributed by atoms with Crippen molar-refractivity contribution in [3.05, 3.63) is 0 Å². The zero-order valence-electron chi connectivity index (χ0n) is 10.6. The smallest absolute Gasteiger partial charge is 0.191 e. The highest BCUT2D eigenvalue weighted by atomic mass is 16.3. The first-order chi connectivity index (χ1) is 7.42. The van der Waals surface area contributed by atoms with Crippen LogP contribution in [0.15, 0.2) is 4.99 Å². The molecule has 1 saturated heterocycles. The third-order valence-corrected chi connectivity index (χ3v) is 2.56.